The molecule has 0 aliphatic rings. The Morgan fingerprint density at radius 3 is 2.62 bits per heavy atom. The number of sulfonamides is 1. The SMILES string of the molecule is CCc1ccc(CNS(=O)(=O)c2cc(Cl)cc(N)c2Br)s1. The van der Waals surface area contributed by atoms with E-state index in [1.807, 2.05) is 12.1 Å². The fourth-order valence-corrected chi connectivity index (χ4v) is 5.02. The summed E-state index contributed by atoms with van der Waals surface area (Å²) >= 11 is 10.7. The molecule has 3 N–H and O–H groups in total. The number of rotatable bonds is 5. The van der Waals surface area contributed by atoms with Crippen LogP contribution in [0.5, 0.6) is 0 Å². The lowest BCUT2D eigenvalue weighted by Crippen LogP contribution is -2.23. The van der Waals surface area contributed by atoms with Crippen LogP contribution in [0.2, 0.25) is 5.02 Å². The fraction of sp³-hybridized carbons (Fsp3) is 0.231. The summed E-state index contributed by atoms with van der Waals surface area (Å²) in [4.78, 5) is 2.22. The van der Waals surface area contributed by atoms with Crippen molar-refractivity contribution in [2.75, 3.05) is 5.73 Å². The number of nitrogens with one attached hydrogen (secondary N) is 1. The molecule has 1 aromatic carbocycles. The van der Waals surface area contributed by atoms with Crippen LogP contribution in [-0.4, -0.2) is 8.42 Å². The van der Waals surface area contributed by atoms with Gasteiger partial charge in [-0.2, -0.15) is 0 Å². The summed E-state index contributed by atoms with van der Waals surface area (Å²) in [5, 5.41) is 0.278. The molecular formula is C13H14BrClN2O2S2. The molecule has 1 heterocycles. The van der Waals surface area contributed by atoms with Gasteiger partial charge in [-0.05, 0) is 46.6 Å². The zero-order chi connectivity index (χ0) is 15.6. The molecule has 0 aliphatic heterocycles. The van der Waals surface area contributed by atoms with E-state index in [0.717, 1.165) is 11.3 Å². The van der Waals surface area contributed by atoms with Crippen molar-refractivity contribution in [3.8, 4) is 0 Å². The first-order valence-corrected chi connectivity index (χ1v) is 9.62. The van der Waals surface area contributed by atoms with Crippen molar-refractivity contribution in [2.45, 2.75) is 24.8 Å². The average Bonchev–Trinajstić information content (AvgIpc) is 2.88. The zero-order valence-electron chi connectivity index (χ0n) is 11.2. The van der Waals surface area contributed by atoms with Crippen LogP contribution >= 0.6 is 38.9 Å². The number of hydrogen-bond acceptors (Lipinski definition) is 4. The van der Waals surface area contributed by atoms with E-state index in [9.17, 15) is 8.42 Å². The second kappa shape index (κ2) is 6.66. The minimum atomic E-state index is -3.69. The molecule has 0 atom stereocenters. The molecule has 0 unspecified atom stereocenters. The molecular weight excluding hydrogens is 396 g/mol. The molecule has 0 bridgehead atoms. The van der Waals surface area contributed by atoms with Gasteiger partial charge in [-0.25, -0.2) is 13.1 Å². The van der Waals surface area contributed by atoms with Crippen LogP contribution in [0.3, 0.4) is 0 Å². The van der Waals surface area contributed by atoms with Crippen LogP contribution in [0, 0.1) is 0 Å². The van der Waals surface area contributed by atoms with Crippen LogP contribution in [0.4, 0.5) is 5.69 Å². The molecule has 0 fully saturated rings. The van der Waals surface area contributed by atoms with Crippen LogP contribution in [0.25, 0.3) is 0 Å². The quantitative estimate of drug-likeness (QED) is 0.738. The fourth-order valence-electron chi connectivity index (χ4n) is 1.73. The van der Waals surface area contributed by atoms with Gasteiger partial charge in [-0.3, -0.25) is 0 Å². The molecule has 114 valence electrons. The van der Waals surface area contributed by atoms with Gasteiger partial charge in [0.05, 0.1) is 9.37 Å². The standard InChI is InChI=1S/C13H14BrClN2O2S2/c1-2-9-3-4-10(20-9)7-17-21(18,19)12-6-8(15)5-11(16)13(12)14/h3-6,17H,2,7,16H2,1H3. The highest BCUT2D eigenvalue weighted by Gasteiger charge is 2.20. The first kappa shape index (κ1) is 16.8. The van der Waals surface area contributed by atoms with Crippen molar-refractivity contribution in [3.05, 3.63) is 43.5 Å². The average molecular weight is 410 g/mol. The predicted molar refractivity (Wildman–Crippen MR) is 91.3 cm³/mol. The van der Waals surface area contributed by atoms with Crippen molar-refractivity contribution in [3.63, 3.8) is 0 Å². The van der Waals surface area contributed by atoms with E-state index in [2.05, 4.69) is 27.6 Å². The Morgan fingerprint density at radius 2 is 2.00 bits per heavy atom. The molecule has 0 aliphatic carbocycles. The molecule has 0 saturated heterocycles. The van der Waals surface area contributed by atoms with Crippen LogP contribution in [0.1, 0.15) is 16.7 Å². The lowest BCUT2D eigenvalue weighted by atomic mass is 10.3. The number of benzene rings is 1. The molecule has 8 heteroatoms. The van der Waals surface area contributed by atoms with E-state index in [4.69, 9.17) is 17.3 Å². The Hall–Kier alpha value is -0.600. The summed E-state index contributed by atoms with van der Waals surface area (Å²) in [5.41, 5.74) is 6.01. The molecule has 0 saturated carbocycles. The van der Waals surface area contributed by atoms with Gasteiger partial charge in [-0.15, -0.1) is 11.3 Å². The molecule has 1 aromatic heterocycles. The number of hydrogen-bond donors (Lipinski definition) is 2. The summed E-state index contributed by atoms with van der Waals surface area (Å²) < 4.78 is 27.6. The maximum atomic E-state index is 12.4. The third-order valence-corrected chi connectivity index (χ3v) is 6.84. The van der Waals surface area contributed by atoms with E-state index in [1.54, 1.807) is 11.3 Å². The van der Waals surface area contributed by atoms with Gasteiger partial charge in [0.25, 0.3) is 0 Å². The second-order valence-electron chi connectivity index (χ2n) is 4.35. The summed E-state index contributed by atoms with van der Waals surface area (Å²) in [6.07, 6.45) is 0.938. The lowest BCUT2D eigenvalue weighted by Gasteiger charge is -2.10. The molecule has 4 nitrogen and oxygen atoms in total. The summed E-state index contributed by atoms with van der Waals surface area (Å²) in [6.45, 7) is 2.30. The number of thiophene rings is 1. The Morgan fingerprint density at radius 1 is 1.33 bits per heavy atom. The van der Waals surface area contributed by atoms with Crippen LogP contribution < -0.4 is 10.5 Å². The zero-order valence-corrected chi connectivity index (χ0v) is 15.2. The third-order valence-electron chi connectivity index (χ3n) is 2.82. The molecule has 0 spiro atoms. The van der Waals surface area contributed by atoms with Gasteiger partial charge in [0.1, 0.15) is 0 Å². The van der Waals surface area contributed by atoms with Crippen LogP contribution in [-0.2, 0) is 23.0 Å². The second-order valence-corrected chi connectivity index (χ2v) is 8.57. The van der Waals surface area contributed by atoms with E-state index in [0.29, 0.717) is 4.47 Å². The van der Waals surface area contributed by atoms with Crippen molar-refractivity contribution in [1.82, 2.24) is 4.72 Å². The highest BCUT2D eigenvalue weighted by atomic mass is 79.9. The summed E-state index contributed by atoms with van der Waals surface area (Å²) in [7, 11) is -3.69. The predicted octanol–water partition coefficient (Wildman–Crippen LogP) is 3.79. The van der Waals surface area contributed by atoms with Crippen molar-refractivity contribution >= 4 is 54.6 Å². The Labute approximate surface area is 141 Å². The maximum absolute atomic E-state index is 12.4. The smallest absolute Gasteiger partial charge is 0.242 e. The lowest BCUT2D eigenvalue weighted by molar-refractivity contribution is 0.581. The first-order chi connectivity index (χ1) is 9.83. The highest BCUT2D eigenvalue weighted by molar-refractivity contribution is 9.10. The topological polar surface area (TPSA) is 72.2 Å². The molecule has 2 rings (SSSR count). The number of nitrogens with two attached hydrogens (primary N) is 1. The van der Waals surface area contributed by atoms with E-state index in [-0.39, 0.29) is 22.2 Å². The molecule has 2 aromatic rings. The van der Waals surface area contributed by atoms with Gasteiger partial charge in [-0.1, -0.05) is 18.5 Å². The minimum Gasteiger partial charge on any atom is -0.398 e. The normalized spacial score (nSPS) is 11.8. The molecule has 0 amide bonds. The Bertz CT molecular complexity index is 760. The minimum absolute atomic E-state index is 0.0415. The maximum Gasteiger partial charge on any atom is 0.242 e. The number of halogens is 2. The van der Waals surface area contributed by atoms with Gasteiger partial charge in [0.2, 0.25) is 10.0 Å². The van der Waals surface area contributed by atoms with Crippen LogP contribution in [0.15, 0.2) is 33.6 Å². The Balaban J connectivity index is 2.22. The number of aryl methyl sites for hydroxylation is 1. The van der Waals surface area contributed by atoms with Gasteiger partial charge in [0, 0.05) is 27.0 Å². The van der Waals surface area contributed by atoms with Crippen molar-refractivity contribution in [1.29, 1.82) is 0 Å². The molecule has 21 heavy (non-hydrogen) atoms. The van der Waals surface area contributed by atoms with E-state index < -0.39 is 10.0 Å². The number of anilines is 1. The van der Waals surface area contributed by atoms with Gasteiger partial charge < -0.3 is 5.73 Å². The van der Waals surface area contributed by atoms with Gasteiger partial charge >= 0.3 is 0 Å². The van der Waals surface area contributed by atoms with Crippen molar-refractivity contribution in [2.24, 2.45) is 0 Å². The monoisotopic (exact) mass is 408 g/mol. The largest absolute Gasteiger partial charge is 0.398 e. The third kappa shape index (κ3) is 3.98. The highest BCUT2D eigenvalue weighted by Crippen LogP contribution is 2.31. The number of nitrogen functional groups attached to an aromatic ring is 1. The Kier molecular flexibility index (Phi) is 5.32. The van der Waals surface area contributed by atoms with E-state index in [1.165, 1.54) is 17.0 Å². The van der Waals surface area contributed by atoms with Gasteiger partial charge in [0.15, 0.2) is 0 Å². The van der Waals surface area contributed by atoms with E-state index >= 15 is 0 Å². The summed E-state index contributed by atoms with van der Waals surface area (Å²) in [5.74, 6) is 0. The molecule has 0 radical (unpaired) electrons. The summed E-state index contributed by atoms with van der Waals surface area (Å²) in [6, 6.07) is 6.79. The first-order valence-electron chi connectivity index (χ1n) is 6.15. The van der Waals surface area contributed by atoms with Crippen molar-refractivity contribution < 1.29 is 8.42 Å².